The number of hydrogen-bond donors (Lipinski definition) is 0. The minimum Gasteiger partial charge on any atom is -0.497 e. The number of ketones is 1. The zero-order chi connectivity index (χ0) is 21.3. The number of hydrogen-bond acceptors (Lipinski definition) is 4. The zero-order valence-corrected chi connectivity index (χ0v) is 17.9. The molecule has 0 N–H and O–H groups in total. The summed E-state index contributed by atoms with van der Waals surface area (Å²) in [5, 5.41) is 0.975. The van der Waals surface area contributed by atoms with Gasteiger partial charge in [0.2, 0.25) is 5.78 Å². The van der Waals surface area contributed by atoms with Gasteiger partial charge in [-0.05, 0) is 60.5 Å². The number of rotatable bonds is 5. The Morgan fingerprint density at radius 1 is 1.00 bits per heavy atom. The largest absolute Gasteiger partial charge is 0.497 e. The maximum absolute atomic E-state index is 12.8. The normalized spacial score (nSPS) is 13.9. The molecule has 0 radical (unpaired) electrons. The fraction of sp³-hybridized carbons (Fsp3) is 0.125. The van der Waals surface area contributed by atoms with Crippen LogP contribution >= 0.6 is 23.2 Å². The van der Waals surface area contributed by atoms with E-state index in [9.17, 15) is 4.79 Å². The minimum atomic E-state index is -0.153. The number of carbonyl (C=O) groups is 1. The van der Waals surface area contributed by atoms with Gasteiger partial charge in [0.1, 0.15) is 23.9 Å². The molecule has 152 valence electrons. The Labute approximate surface area is 184 Å². The summed E-state index contributed by atoms with van der Waals surface area (Å²) in [6, 6.07) is 16.3. The lowest BCUT2D eigenvalue weighted by molar-refractivity contribution is 0.101. The van der Waals surface area contributed by atoms with E-state index in [4.69, 9.17) is 37.4 Å². The molecule has 0 atom stereocenters. The lowest BCUT2D eigenvalue weighted by Crippen LogP contribution is -1.98. The molecule has 3 aromatic carbocycles. The number of benzene rings is 3. The van der Waals surface area contributed by atoms with E-state index in [0.29, 0.717) is 33.7 Å². The number of halogens is 2. The third-order valence-corrected chi connectivity index (χ3v) is 5.57. The average molecular weight is 441 g/mol. The Morgan fingerprint density at radius 3 is 2.47 bits per heavy atom. The molecule has 4 nitrogen and oxygen atoms in total. The number of ether oxygens (including phenoxy) is 3. The van der Waals surface area contributed by atoms with Crippen LogP contribution in [0, 0.1) is 6.92 Å². The second-order valence-electron chi connectivity index (χ2n) is 6.82. The highest BCUT2D eigenvalue weighted by Crippen LogP contribution is 2.39. The fourth-order valence-electron chi connectivity index (χ4n) is 3.17. The highest BCUT2D eigenvalue weighted by Gasteiger charge is 2.30. The van der Waals surface area contributed by atoms with E-state index in [1.807, 2.05) is 37.3 Å². The molecule has 0 fully saturated rings. The van der Waals surface area contributed by atoms with Crippen molar-refractivity contribution in [3.05, 3.63) is 92.7 Å². The highest BCUT2D eigenvalue weighted by molar-refractivity contribution is 6.42. The molecule has 0 saturated heterocycles. The zero-order valence-electron chi connectivity index (χ0n) is 16.4. The fourth-order valence-corrected chi connectivity index (χ4v) is 3.49. The molecule has 0 aliphatic carbocycles. The molecule has 0 unspecified atom stereocenters. The van der Waals surface area contributed by atoms with Gasteiger partial charge >= 0.3 is 0 Å². The van der Waals surface area contributed by atoms with Crippen molar-refractivity contribution in [2.75, 3.05) is 7.11 Å². The number of methoxy groups -OCH3 is 1. The predicted octanol–water partition coefficient (Wildman–Crippen LogP) is 6.51. The molecular weight excluding hydrogens is 423 g/mol. The van der Waals surface area contributed by atoms with Crippen molar-refractivity contribution in [3.63, 3.8) is 0 Å². The van der Waals surface area contributed by atoms with Crippen molar-refractivity contribution >= 4 is 35.1 Å². The van der Waals surface area contributed by atoms with Crippen molar-refractivity contribution in [2.24, 2.45) is 0 Å². The van der Waals surface area contributed by atoms with Crippen LogP contribution in [0.25, 0.3) is 6.08 Å². The molecule has 0 spiro atoms. The van der Waals surface area contributed by atoms with Crippen molar-refractivity contribution in [1.82, 2.24) is 0 Å². The van der Waals surface area contributed by atoms with E-state index < -0.39 is 0 Å². The Bertz CT molecular complexity index is 1150. The van der Waals surface area contributed by atoms with Gasteiger partial charge in [-0.25, -0.2) is 0 Å². The number of allylic oxidation sites excluding steroid dienone is 1. The molecule has 6 heteroatoms. The van der Waals surface area contributed by atoms with Crippen molar-refractivity contribution in [2.45, 2.75) is 13.5 Å². The van der Waals surface area contributed by atoms with Gasteiger partial charge in [0.15, 0.2) is 5.76 Å². The molecule has 0 amide bonds. The monoisotopic (exact) mass is 440 g/mol. The van der Waals surface area contributed by atoms with Crippen LogP contribution in [0.1, 0.15) is 27.0 Å². The van der Waals surface area contributed by atoms with Crippen molar-refractivity contribution in [1.29, 1.82) is 0 Å². The first-order valence-corrected chi connectivity index (χ1v) is 10.0. The maximum Gasteiger partial charge on any atom is 0.231 e. The van der Waals surface area contributed by atoms with Gasteiger partial charge in [-0.2, -0.15) is 0 Å². The number of fused-ring (bicyclic) bond motifs is 1. The standard InChI is InChI=1S/C24H18Cl2O4/c1-14-21(29-13-16-5-9-19(25)20(26)11-16)10-8-18-23(27)22(30-24(14)18)12-15-3-6-17(28-2)7-4-15/h3-12H,13H2,1-2H3/b22-12-. The summed E-state index contributed by atoms with van der Waals surface area (Å²) in [5.74, 6) is 2.03. The van der Waals surface area contributed by atoms with Crippen LogP contribution in [0.4, 0.5) is 0 Å². The number of Topliss-reactive ketones (excluding diaryl/α,β-unsaturated/α-hetero) is 1. The van der Waals surface area contributed by atoms with Crippen LogP contribution in [0.3, 0.4) is 0 Å². The van der Waals surface area contributed by atoms with Gasteiger partial charge in [-0.15, -0.1) is 0 Å². The molecule has 1 heterocycles. The molecule has 3 aromatic rings. The van der Waals surface area contributed by atoms with E-state index in [1.54, 1.807) is 37.5 Å². The summed E-state index contributed by atoms with van der Waals surface area (Å²) < 4.78 is 17.0. The maximum atomic E-state index is 12.8. The van der Waals surface area contributed by atoms with Gasteiger partial charge in [0, 0.05) is 5.56 Å². The second kappa shape index (κ2) is 8.42. The quantitative estimate of drug-likeness (QED) is 0.424. The summed E-state index contributed by atoms with van der Waals surface area (Å²) in [7, 11) is 1.61. The lowest BCUT2D eigenvalue weighted by Gasteiger charge is -2.12. The Kier molecular flexibility index (Phi) is 5.71. The van der Waals surface area contributed by atoms with E-state index in [2.05, 4.69) is 0 Å². The van der Waals surface area contributed by atoms with Crippen LogP contribution in [-0.4, -0.2) is 12.9 Å². The molecule has 0 aromatic heterocycles. The van der Waals surface area contributed by atoms with E-state index in [-0.39, 0.29) is 11.5 Å². The Balaban J connectivity index is 1.54. The van der Waals surface area contributed by atoms with Gasteiger partial charge in [-0.3, -0.25) is 4.79 Å². The summed E-state index contributed by atoms with van der Waals surface area (Å²) in [6.07, 6.45) is 1.72. The average Bonchev–Trinajstić information content (AvgIpc) is 3.07. The van der Waals surface area contributed by atoms with Gasteiger partial charge in [0.25, 0.3) is 0 Å². The molecule has 1 aliphatic heterocycles. The topological polar surface area (TPSA) is 44.8 Å². The van der Waals surface area contributed by atoms with Crippen molar-refractivity contribution in [3.8, 4) is 17.2 Å². The summed E-state index contributed by atoms with van der Waals surface area (Å²) in [6.45, 7) is 2.19. The van der Waals surface area contributed by atoms with Crippen LogP contribution in [0.15, 0.2) is 60.4 Å². The highest BCUT2D eigenvalue weighted by atomic mass is 35.5. The van der Waals surface area contributed by atoms with Crippen LogP contribution in [0.2, 0.25) is 10.0 Å². The first-order valence-electron chi connectivity index (χ1n) is 9.25. The molecular formula is C24H18Cl2O4. The van der Waals surface area contributed by atoms with Gasteiger partial charge in [0.05, 0.1) is 22.7 Å². The van der Waals surface area contributed by atoms with E-state index in [0.717, 1.165) is 22.4 Å². The minimum absolute atomic E-state index is 0.153. The third kappa shape index (κ3) is 4.02. The van der Waals surface area contributed by atoms with Crippen LogP contribution < -0.4 is 14.2 Å². The summed E-state index contributed by atoms with van der Waals surface area (Å²) in [4.78, 5) is 12.8. The molecule has 4 rings (SSSR count). The van der Waals surface area contributed by atoms with Gasteiger partial charge < -0.3 is 14.2 Å². The number of carbonyl (C=O) groups excluding carboxylic acids is 1. The first kappa shape index (κ1) is 20.3. The first-order chi connectivity index (χ1) is 14.5. The SMILES string of the molecule is COc1ccc(/C=C2\Oc3c(ccc(OCc4ccc(Cl)c(Cl)c4)c3C)C2=O)cc1. The molecule has 0 saturated carbocycles. The van der Waals surface area contributed by atoms with Crippen LogP contribution in [0.5, 0.6) is 17.2 Å². The van der Waals surface area contributed by atoms with Crippen LogP contribution in [-0.2, 0) is 6.61 Å². The molecule has 30 heavy (non-hydrogen) atoms. The summed E-state index contributed by atoms with van der Waals surface area (Å²) in [5.41, 5.74) is 3.02. The van der Waals surface area contributed by atoms with E-state index in [1.165, 1.54) is 0 Å². The van der Waals surface area contributed by atoms with E-state index >= 15 is 0 Å². The second-order valence-corrected chi connectivity index (χ2v) is 7.63. The molecule has 1 aliphatic rings. The molecule has 0 bridgehead atoms. The summed E-state index contributed by atoms with van der Waals surface area (Å²) >= 11 is 12.0. The Morgan fingerprint density at radius 2 is 1.77 bits per heavy atom. The van der Waals surface area contributed by atoms with Gasteiger partial charge in [-0.1, -0.05) is 41.4 Å². The smallest absolute Gasteiger partial charge is 0.231 e. The van der Waals surface area contributed by atoms with Crippen molar-refractivity contribution < 1.29 is 19.0 Å². The Hall–Kier alpha value is -2.95. The third-order valence-electron chi connectivity index (χ3n) is 4.83. The lowest BCUT2D eigenvalue weighted by atomic mass is 10.1. The predicted molar refractivity (Wildman–Crippen MR) is 118 cm³/mol.